The Morgan fingerprint density at radius 2 is 2.11 bits per heavy atom. The molecule has 3 aromatic rings. The lowest BCUT2D eigenvalue weighted by molar-refractivity contribution is 0.629. The van der Waals surface area contributed by atoms with Crippen LogP contribution in [0.2, 0.25) is 0 Å². The van der Waals surface area contributed by atoms with Crippen LogP contribution in [0.5, 0.6) is 0 Å². The minimum atomic E-state index is -0.363. The van der Waals surface area contributed by atoms with E-state index in [1.54, 1.807) is 12.1 Å². The van der Waals surface area contributed by atoms with Crippen molar-refractivity contribution in [2.75, 3.05) is 6.54 Å². The molecule has 0 saturated heterocycles. The van der Waals surface area contributed by atoms with Gasteiger partial charge in [0.2, 0.25) is 0 Å². The average Bonchev–Trinajstić information content (AvgIpc) is 2.37. The number of H-pyrrole nitrogens is 1. The number of aromatic amines is 1. The number of rotatable bonds is 2. The fourth-order valence-corrected chi connectivity index (χ4v) is 2.00. The molecular weight excluding hydrogens is 247 g/mol. The van der Waals surface area contributed by atoms with Gasteiger partial charge in [-0.25, -0.2) is 14.4 Å². The maximum absolute atomic E-state index is 13.2. The lowest BCUT2D eigenvalue weighted by Gasteiger charge is -2.03. The fraction of sp³-hybridized carbons (Fsp3) is 0.154. The summed E-state index contributed by atoms with van der Waals surface area (Å²) in [6, 6.07) is 5.83. The van der Waals surface area contributed by atoms with Crippen molar-refractivity contribution >= 4 is 21.9 Å². The Labute approximate surface area is 107 Å². The van der Waals surface area contributed by atoms with Gasteiger partial charge in [0.25, 0.3) is 5.56 Å². The number of hydrogen-bond acceptors (Lipinski definition) is 4. The average molecular weight is 258 g/mol. The van der Waals surface area contributed by atoms with Crippen LogP contribution in [0.3, 0.4) is 0 Å². The van der Waals surface area contributed by atoms with E-state index in [4.69, 9.17) is 5.73 Å². The van der Waals surface area contributed by atoms with Gasteiger partial charge < -0.3 is 10.7 Å². The molecule has 0 aliphatic rings. The summed E-state index contributed by atoms with van der Waals surface area (Å²) in [7, 11) is 0. The first-order valence-electron chi connectivity index (χ1n) is 5.86. The molecule has 2 heterocycles. The van der Waals surface area contributed by atoms with E-state index < -0.39 is 0 Å². The Hall–Kier alpha value is -2.34. The van der Waals surface area contributed by atoms with Gasteiger partial charge in [-0.05, 0) is 30.8 Å². The van der Waals surface area contributed by atoms with Crippen LogP contribution in [0.1, 0.15) is 5.82 Å². The molecule has 3 N–H and O–H groups in total. The Morgan fingerprint density at radius 3 is 2.89 bits per heavy atom. The molecule has 0 aliphatic carbocycles. The third kappa shape index (κ3) is 2.06. The fourth-order valence-electron chi connectivity index (χ4n) is 2.00. The molecule has 0 aliphatic heterocycles. The van der Waals surface area contributed by atoms with Crippen LogP contribution in [0.15, 0.2) is 29.1 Å². The van der Waals surface area contributed by atoms with Gasteiger partial charge in [0.05, 0.1) is 10.9 Å². The summed E-state index contributed by atoms with van der Waals surface area (Å²) in [6.07, 6.45) is 0.480. The predicted octanol–water partition coefficient (Wildman–Crippen LogP) is 1.11. The summed E-state index contributed by atoms with van der Waals surface area (Å²) in [5.41, 5.74) is 6.11. The second-order valence-corrected chi connectivity index (χ2v) is 4.25. The van der Waals surface area contributed by atoms with Gasteiger partial charge in [0.1, 0.15) is 11.6 Å². The van der Waals surface area contributed by atoms with Crippen molar-refractivity contribution in [2.45, 2.75) is 6.42 Å². The maximum atomic E-state index is 13.2. The number of halogens is 1. The van der Waals surface area contributed by atoms with Crippen molar-refractivity contribution < 1.29 is 4.39 Å². The zero-order valence-electron chi connectivity index (χ0n) is 9.98. The lowest BCUT2D eigenvalue weighted by atomic mass is 10.2. The standard InChI is InChI=1S/C13H11FN4O/c14-8-1-2-10-7(5-8)6-9-12(16-10)17-11(3-4-15)18-13(9)19/h1-2,5-6H,3-4,15H2,(H,16,17,18,19). The van der Waals surface area contributed by atoms with E-state index >= 15 is 0 Å². The van der Waals surface area contributed by atoms with Gasteiger partial charge in [-0.2, -0.15) is 0 Å². The van der Waals surface area contributed by atoms with Crippen LogP contribution in [-0.2, 0) is 6.42 Å². The topological polar surface area (TPSA) is 84.7 Å². The molecular formula is C13H11FN4O. The highest BCUT2D eigenvalue weighted by Crippen LogP contribution is 2.17. The monoisotopic (exact) mass is 258 g/mol. The summed E-state index contributed by atoms with van der Waals surface area (Å²) in [6.45, 7) is 0.396. The maximum Gasteiger partial charge on any atom is 0.260 e. The summed E-state index contributed by atoms with van der Waals surface area (Å²) in [5, 5.41) is 0.922. The summed E-state index contributed by atoms with van der Waals surface area (Å²) in [5.74, 6) is 0.145. The SMILES string of the molecule is NCCc1nc2nc3ccc(F)cc3cc2c(=O)[nH]1. The molecule has 19 heavy (non-hydrogen) atoms. The summed E-state index contributed by atoms with van der Waals surface area (Å²) >= 11 is 0. The minimum absolute atomic E-state index is 0.285. The number of pyridine rings is 1. The number of nitrogens with one attached hydrogen (secondary N) is 1. The highest BCUT2D eigenvalue weighted by molar-refractivity contribution is 5.90. The summed E-state index contributed by atoms with van der Waals surface area (Å²) in [4.78, 5) is 23.1. The first-order valence-corrected chi connectivity index (χ1v) is 5.86. The molecule has 0 spiro atoms. The van der Waals surface area contributed by atoms with Crippen molar-refractivity contribution in [3.8, 4) is 0 Å². The van der Waals surface area contributed by atoms with Gasteiger partial charge in [0, 0.05) is 11.8 Å². The van der Waals surface area contributed by atoms with Crippen LogP contribution in [0.25, 0.3) is 21.9 Å². The lowest BCUT2D eigenvalue weighted by Crippen LogP contribution is -2.15. The van der Waals surface area contributed by atoms with Crippen LogP contribution in [0.4, 0.5) is 4.39 Å². The molecule has 96 valence electrons. The van der Waals surface area contributed by atoms with Crippen molar-refractivity contribution in [3.63, 3.8) is 0 Å². The van der Waals surface area contributed by atoms with Crippen molar-refractivity contribution in [3.05, 3.63) is 46.3 Å². The van der Waals surface area contributed by atoms with Crippen LogP contribution < -0.4 is 11.3 Å². The number of nitrogens with zero attached hydrogens (tertiary/aromatic N) is 2. The second-order valence-electron chi connectivity index (χ2n) is 4.25. The van der Waals surface area contributed by atoms with Gasteiger partial charge in [0.15, 0.2) is 5.65 Å². The molecule has 1 aromatic carbocycles. The van der Waals surface area contributed by atoms with Crippen LogP contribution in [-0.4, -0.2) is 21.5 Å². The van der Waals surface area contributed by atoms with Crippen molar-refractivity contribution in [1.29, 1.82) is 0 Å². The normalized spacial score (nSPS) is 11.3. The first-order chi connectivity index (χ1) is 9.17. The van der Waals surface area contributed by atoms with E-state index in [1.807, 2.05) is 0 Å². The van der Waals surface area contributed by atoms with Gasteiger partial charge in [-0.3, -0.25) is 4.79 Å². The van der Waals surface area contributed by atoms with Crippen LogP contribution in [0, 0.1) is 5.82 Å². The number of fused-ring (bicyclic) bond motifs is 2. The molecule has 0 unspecified atom stereocenters. The minimum Gasteiger partial charge on any atom is -0.330 e. The third-order valence-electron chi connectivity index (χ3n) is 2.88. The Balaban J connectivity index is 2.34. The molecule has 3 rings (SSSR count). The summed E-state index contributed by atoms with van der Waals surface area (Å²) < 4.78 is 13.2. The zero-order valence-corrected chi connectivity index (χ0v) is 9.98. The Morgan fingerprint density at radius 1 is 1.26 bits per heavy atom. The number of aromatic nitrogens is 3. The van der Waals surface area contributed by atoms with E-state index in [2.05, 4.69) is 15.0 Å². The largest absolute Gasteiger partial charge is 0.330 e. The van der Waals surface area contributed by atoms with Crippen LogP contribution >= 0.6 is 0 Å². The molecule has 0 saturated carbocycles. The van der Waals surface area contributed by atoms with Gasteiger partial charge >= 0.3 is 0 Å². The Kier molecular flexibility index (Phi) is 2.72. The van der Waals surface area contributed by atoms with Gasteiger partial charge in [-0.15, -0.1) is 0 Å². The van der Waals surface area contributed by atoms with E-state index in [1.165, 1.54) is 12.1 Å². The second kappa shape index (κ2) is 4.40. The molecule has 0 atom stereocenters. The number of nitrogens with two attached hydrogens (primary N) is 1. The molecule has 0 bridgehead atoms. The number of hydrogen-bond donors (Lipinski definition) is 2. The number of benzene rings is 1. The molecule has 5 nitrogen and oxygen atoms in total. The molecule has 0 radical (unpaired) electrons. The van der Waals surface area contributed by atoms with Crippen molar-refractivity contribution in [1.82, 2.24) is 15.0 Å². The quantitative estimate of drug-likeness (QED) is 0.674. The zero-order chi connectivity index (χ0) is 13.4. The van der Waals surface area contributed by atoms with Gasteiger partial charge in [-0.1, -0.05) is 0 Å². The predicted molar refractivity (Wildman–Crippen MR) is 70.4 cm³/mol. The molecule has 0 fully saturated rings. The third-order valence-corrected chi connectivity index (χ3v) is 2.88. The van der Waals surface area contributed by atoms with E-state index in [0.29, 0.717) is 40.7 Å². The van der Waals surface area contributed by atoms with Crippen molar-refractivity contribution in [2.24, 2.45) is 5.73 Å². The van der Waals surface area contributed by atoms with E-state index in [0.717, 1.165) is 0 Å². The highest BCUT2D eigenvalue weighted by atomic mass is 19.1. The van der Waals surface area contributed by atoms with E-state index in [9.17, 15) is 9.18 Å². The first kappa shape index (κ1) is 11.7. The molecule has 2 aromatic heterocycles. The highest BCUT2D eigenvalue weighted by Gasteiger charge is 2.07. The van der Waals surface area contributed by atoms with E-state index in [-0.39, 0.29) is 11.4 Å². The smallest absolute Gasteiger partial charge is 0.260 e. The molecule has 6 heteroatoms. The molecule has 0 amide bonds. The Bertz CT molecular complexity index is 828.